The third-order valence-electron chi connectivity index (χ3n) is 6.22. The van der Waals surface area contributed by atoms with Crippen LogP contribution in [-0.4, -0.2) is 64.2 Å². The number of unbranched alkanes of at least 4 members (excludes halogenated alkanes) is 4. The Bertz CT molecular complexity index is 697. The summed E-state index contributed by atoms with van der Waals surface area (Å²) in [4.78, 5) is 34.9. The van der Waals surface area contributed by atoms with Crippen LogP contribution < -0.4 is 16.0 Å². The van der Waals surface area contributed by atoms with Crippen LogP contribution in [0.3, 0.4) is 0 Å². The van der Waals surface area contributed by atoms with Gasteiger partial charge >= 0.3 is 18.2 Å². The molecule has 3 N–H and O–H groups in total. The summed E-state index contributed by atoms with van der Waals surface area (Å²) in [5, 5.41) is 8.89. The van der Waals surface area contributed by atoms with Crippen LogP contribution in [0.4, 0.5) is 9.59 Å². The molecule has 0 heterocycles. The number of rotatable bonds is 15. The van der Waals surface area contributed by atoms with Crippen molar-refractivity contribution < 1.29 is 28.6 Å². The molecule has 9 nitrogen and oxygen atoms in total. The van der Waals surface area contributed by atoms with Crippen molar-refractivity contribution in [2.45, 2.75) is 85.1 Å². The molecule has 202 valence electrons. The molecule has 2 unspecified atom stereocenters. The first-order valence-electron chi connectivity index (χ1n) is 12.8. The molecule has 35 heavy (non-hydrogen) atoms. The summed E-state index contributed by atoms with van der Waals surface area (Å²) in [5.41, 5.74) is 0.631. The zero-order valence-corrected chi connectivity index (χ0v) is 22.4. The fourth-order valence-electron chi connectivity index (χ4n) is 4.84. The molecular formula is C26H47N3O6. The lowest BCUT2D eigenvalue weighted by Crippen LogP contribution is -2.48. The number of hydrogen-bond acceptors (Lipinski definition) is 7. The number of amides is 2. The van der Waals surface area contributed by atoms with Crippen LogP contribution in [0.15, 0.2) is 12.2 Å². The lowest BCUT2D eigenvalue weighted by molar-refractivity contribution is -0.138. The Morgan fingerprint density at radius 2 is 1.43 bits per heavy atom. The minimum Gasteiger partial charge on any atom is -0.460 e. The topological polar surface area (TPSA) is 115 Å². The molecule has 1 rings (SSSR count). The number of carbonyl (C=O) groups is 3. The number of carbonyl (C=O) groups excluding carboxylic acids is 3. The SMILES string of the molecule is C=C(C)C(=O)OCCNC(=O)OCCCCCCCOC(=O)NCC1(C)CC(NC)CC(C)(C)C1. The molecule has 0 radical (unpaired) electrons. The standard InChI is InChI=1S/C26H47N3O6/c1-20(2)22(30)33-15-12-28-23(31)34-13-10-8-7-9-11-14-35-24(32)29-19-26(5)17-21(27-6)16-25(3,4)18-26/h21,27H,1,7-19H2,2-6H3,(H,28,31)(H,29,32). The van der Waals surface area contributed by atoms with Gasteiger partial charge in [0.1, 0.15) is 6.61 Å². The van der Waals surface area contributed by atoms with Gasteiger partial charge in [-0.05, 0) is 56.9 Å². The van der Waals surface area contributed by atoms with Gasteiger partial charge in [0.2, 0.25) is 0 Å². The smallest absolute Gasteiger partial charge is 0.407 e. The van der Waals surface area contributed by atoms with Gasteiger partial charge < -0.3 is 30.2 Å². The van der Waals surface area contributed by atoms with E-state index in [-0.39, 0.29) is 30.1 Å². The van der Waals surface area contributed by atoms with Crippen LogP contribution in [0.1, 0.15) is 79.1 Å². The molecule has 0 bridgehead atoms. The predicted octanol–water partition coefficient (Wildman–Crippen LogP) is 4.31. The molecule has 0 aliphatic heterocycles. The van der Waals surface area contributed by atoms with Gasteiger partial charge in [0.15, 0.2) is 0 Å². The summed E-state index contributed by atoms with van der Waals surface area (Å²) in [6.45, 7) is 13.5. The van der Waals surface area contributed by atoms with Crippen molar-refractivity contribution in [3.63, 3.8) is 0 Å². The van der Waals surface area contributed by atoms with Crippen molar-refractivity contribution in [3.05, 3.63) is 12.2 Å². The first-order chi connectivity index (χ1) is 16.5. The molecule has 1 fully saturated rings. The molecule has 0 aromatic heterocycles. The minimum absolute atomic E-state index is 0.0604. The lowest BCUT2D eigenvalue weighted by atomic mass is 9.62. The van der Waals surface area contributed by atoms with E-state index < -0.39 is 12.1 Å². The van der Waals surface area contributed by atoms with Gasteiger partial charge in [-0.25, -0.2) is 14.4 Å². The summed E-state index contributed by atoms with van der Waals surface area (Å²) in [5.74, 6) is -0.480. The Morgan fingerprint density at radius 1 is 0.857 bits per heavy atom. The minimum atomic E-state index is -0.525. The van der Waals surface area contributed by atoms with Crippen LogP contribution in [0.2, 0.25) is 0 Å². The van der Waals surface area contributed by atoms with E-state index in [0.717, 1.165) is 51.4 Å². The first-order valence-corrected chi connectivity index (χ1v) is 12.8. The predicted molar refractivity (Wildman–Crippen MR) is 136 cm³/mol. The van der Waals surface area contributed by atoms with E-state index in [1.54, 1.807) is 6.92 Å². The largest absolute Gasteiger partial charge is 0.460 e. The molecule has 1 aliphatic carbocycles. The number of hydrogen-bond donors (Lipinski definition) is 3. The average Bonchev–Trinajstić information content (AvgIpc) is 2.77. The van der Waals surface area contributed by atoms with Crippen LogP contribution >= 0.6 is 0 Å². The molecule has 1 saturated carbocycles. The maximum absolute atomic E-state index is 12.1. The van der Waals surface area contributed by atoms with Crippen LogP contribution in [0.25, 0.3) is 0 Å². The highest BCUT2D eigenvalue weighted by molar-refractivity contribution is 5.86. The number of alkyl carbamates (subject to hydrolysis) is 2. The van der Waals surface area contributed by atoms with E-state index in [2.05, 4.69) is 43.3 Å². The Hall–Kier alpha value is -2.29. The number of ether oxygens (including phenoxy) is 3. The quantitative estimate of drug-likeness (QED) is 0.134. The van der Waals surface area contributed by atoms with E-state index >= 15 is 0 Å². The number of nitrogens with one attached hydrogen (secondary N) is 3. The molecular weight excluding hydrogens is 450 g/mol. The summed E-state index contributed by atoms with van der Waals surface area (Å²) >= 11 is 0. The molecule has 2 amide bonds. The lowest BCUT2D eigenvalue weighted by Gasteiger charge is -2.46. The monoisotopic (exact) mass is 497 g/mol. The molecule has 0 aromatic carbocycles. The zero-order valence-electron chi connectivity index (χ0n) is 22.4. The van der Waals surface area contributed by atoms with E-state index in [4.69, 9.17) is 14.2 Å². The highest BCUT2D eigenvalue weighted by atomic mass is 16.6. The summed E-state index contributed by atoms with van der Waals surface area (Å²) in [7, 11) is 2.01. The molecule has 2 atom stereocenters. The maximum atomic E-state index is 12.1. The highest BCUT2D eigenvalue weighted by Gasteiger charge is 2.40. The first kappa shape index (κ1) is 30.7. The van der Waals surface area contributed by atoms with E-state index in [1.807, 2.05) is 7.05 Å². The van der Waals surface area contributed by atoms with Gasteiger partial charge in [-0.1, -0.05) is 46.6 Å². The van der Waals surface area contributed by atoms with Gasteiger partial charge in [0.25, 0.3) is 0 Å². The highest BCUT2D eigenvalue weighted by Crippen LogP contribution is 2.45. The fraction of sp³-hybridized carbons (Fsp3) is 0.808. The summed E-state index contributed by atoms with van der Waals surface area (Å²) < 4.78 is 15.3. The zero-order chi connectivity index (χ0) is 26.3. The normalized spacial score (nSPS) is 21.0. The van der Waals surface area contributed by atoms with Crippen molar-refractivity contribution in [1.82, 2.24) is 16.0 Å². The van der Waals surface area contributed by atoms with E-state index in [0.29, 0.717) is 31.4 Å². The maximum Gasteiger partial charge on any atom is 0.407 e. The second-order valence-corrected chi connectivity index (χ2v) is 10.8. The summed E-state index contributed by atoms with van der Waals surface area (Å²) in [6, 6.07) is 0.472. The van der Waals surface area contributed by atoms with Crippen molar-refractivity contribution >= 4 is 18.2 Å². The van der Waals surface area contributed by atoms with Crippen molar-refractivity contribution in [2.75, 3.05) is 40.0 Å². The fourth-order valence-corrected chi connectivity index (χ4v) is 4.84. The van der Waals surface area contributed by atoms with Gasteiger partial charge in [-0.2, -0.15) is 0 Å². The molecule has 0 spiro atoms. The van der Waals surface area contributed by atoms with E-state index in [9.17, 15) is 14.4 Å². The van der Waals surface area contributed by atoms with Crippen molar-refractivity contribution in [3.8, 4) is 0 Å². The third kappa shape index (κ3) is 14.0. The van der Waals surface area contributed by atoms with Crippen molar-refractivity contribution in [1.29, 1.82) is 0 Å². The third-order valence-corrected chi connectivity index (χ3v) is 6.22. The average molecular weight is 498 g/mol. The van der Waals surface area contributed by atoms with Crippen molar-refractivity contribution in [2.24, 2.45) is 10.8 Å². The van der Waals surface area contributed by atoms with E-state index in [1.165, 1.54) is 0 Å². The van der Waals surface area contributed by atoms with Crippen LogP contribution in [-0.2, 0) is 19.0 Å². The second kappa shape index (κ2) is 15.7. The number of esters is 1. The molecule has 0 saturated heterocycles. The molecule has 1 aliphatic rings. The van der Waals surface area contributed by atoms with Crippen LogP contribution in [0.5, 0.6) is 0 Å². The van der Waals surface area contributed by atoms with Gasteiger partial charge in [-0.3, -0.25) is 0 Å². The Balaban J connectivity index is 2.00. The van der Waals surface area contributed by atoms with Gasteiger partial charge in [0, 0.05) is 18.2 Å². The van der Waals surface area contributed by atoms with Gasteiger partial charge in [0.05, 0.1) is 19.8 Å². The Kier molecular flexibility index (Phi) is 13.7. The molecule has 9 heteroatoms. The Labute approximate surface area is 211 Å². The molecule has 0 aromatic rings. The Morgan fingerprint density at radius 3 is 2.00 bits per heavy atom. The second-order valence-electron chi connectivity index (χ2n) is 10.8. The van der Waals surface area contributed by atoms with Gasteiger partial charge in [-0.15, -0.1) is 0 Å². The van der Waals surface area contributed by atoms with Crippen LogP contribution in [0, 0.1) is 10.8 Å². The summed E-state index contributed by atoms with van der Waals surface area (Å²) in [6.07, 6.45) is 6.83.